The lowest BCUT2D eigenvalue weighted by atomic mass is 9.90. The summed E-state index contributed by atoms with van der Waals surface area (Å²) in [7, 11) is 5.25. The molecule has 0 bridgehead atoms. The van der Waals surface area contributed by atoms with Crippen LogP contribution in [0.2, 0.25) is 0 Å². The molecule has 0 N–H and O–H groups in total. The van der Waals surface area contributed by atoms with Crippen LogP contribution in [0.25, 0.3) is 0 Å². The number of benzene rings is 1. The Morgan fingerprint density at radius 1 is 1.32 bits per heavy atom. The highest BCUT2D eigenvalue weighted by molar-refractivity contribution is 5.87. The maximum atomic E-state index is 13.2. The maximum absolute atomic E-state index is 13.2. The second-order valence-electron chi connectivity index (χ2n) is 6.49. The molecule has 1 unspecified atom stereocenters. The van der Waals surface area contributed by atoms with E-state index in [4.69, 9.17) is 4.74 Å². The number of hydrogen-bond acceptors (Lipinski definition) is 5. The van der Waals surface area contributed by atoms with Gasteiger partial charge < -0.3 is 9.64 Å². The highest BCUT2D eigenvalue weighted by atomic mass is 16.5. The lowest BCUT2D eigenvalue weighted by molar-refractivity contribution is -0.141. The molecule has 2 aromatic rings. The van der Waals surface area contributed by atoms with Crippen LogP contribution in [0.1, 0.15) is 24.1 Å². The lowest BCUT2D eigenvalue weighted by Gasteiger charge is -2.38. The number of aromatic nitrogens is 2. The van der Waals surface area contributed by atoms with Crippen molar-refractivity contribution < 1.29 is 9.53 Å². The summed E-state index contributed by atoms with van der Waals surface area (Å²) in [5, 5.41) is 0. The number of carbonyl (C=O) groups is 1. The number of likely N-dealkylation sites (N-methyl/N-ethyl adjacent to an activating group) is 1. The van der Waals surface area contributed by atoms with Gasteiger partial charge in [0.15, 0.2) is 0 Å². The number of amides is 1. The number of para-hydroxylation sites is 1. The van der Waals surface area contributed by atoms with Crippen molar-refractivity contribution in [2.45, 2.75) is 24.9 Å². The number of ether oxygens (including phenoxy) is 1. The lowest BCUT2D eigenvalue weighted by Crippen LogP contribution is -2.52. The van der Waals surface area contributed by atoms with Gasteiger partial charge in [0, 0.05) is 38.6 Å². The Balaban J connectivity index is 2.03. The summed E-state index contributed by atoms with van der Waals surface area (Å²) in [6.07, 6.45) is 6.67. The Labute approximate surface area is 148 Å². The molecule has 0 spiro atoms. The summed E-state index contributed by atoms with van der Waals surface area (Å²) in [6, 6.07) is 7.93. The first-order valence-corrected chi connectivity index (χ1v) is 8.45. The predicted molar refractivity (Wildman–Crippen MR) is 95.0 cm³/mol. The molecule has 6 nitrogen and oxygen atoms in total. The quantitative estimate of drug-likeness (QED) is 0.834. The SMILES string of the molecule is COc1ccccc1CN1CCCC1(C(=O)N(C)C)c1cnccn1. The van der Waals surface area contributed by atoms with Crippen LogP contribution in [0.5, 0.6) is 5.75 Å². The van der Waals surface area contributed by atoms with Gasteiger partial charge in [0.1, 0.15) is 11.3 Å². The van der Waals surface area contributed by atoms with Crippen LogP contribution in [-0.2, 0) is 16.9 Å². The van der Waals surface area contributed by atoms with Gasteiger partial charge in [-0.25, -0.2) is 0 Å². The molecule has 1 amide bonds. The first-order chi connectivity index (χ1) is 12.1. The highest BCUT2D eigenvalue weighted by Gasteiger charge is 2.51. The average molecular weight is 340 g/mol. The molecule has 1 saturated heterocycles. The van der Waals surface area contributed by atoms with E-state index in [1.165, 1.54) is 0 Å². The van der Waals surface area contributed by atoms with Crippen molar-refractivity contribution in [3.05, 3.63) is 54.1 Å². The molecule has 0 saturated carbocycles. The first-order valence-electron chi connectivity index (χ1n) is 8.45. The summed E-state index contributed by atoms with van der Waals surface area (Å²) in [4.78, 5) is 25.8. The number of rotatable bonds is 5. The van der Waals surface area contributed by atoms with Crippen LogP contribution in [0.4, 0.5) is 0 Å². The molecular weight excluding hydrogens is 316 g/mol. The second kappa shape index (κ2) is 7.19. The van der Waals surface area contributed by atoms with Crippen molar-refractivity contribution in [2.75, 3.05) is 27.7 Å². The van der Waals surface area contributed by atoms with Gasteiger partial charge in [-0.3, -0.25) is 19.7 Å². The van der Waals surface area contributed by atoms with E-state index >= 15 is 0 Å². The van der Waals surface area contributed by atoms with Gasteiger partial charge >= 0.3 is 0 Å². The van der Waals surface area contributed by atoms with E-state index in [2.05, 4.69) is 14.9 Å². The number of nitrogens with zero attached hydrogens (tertiary/aromatic N) is 4. The van der Waals surface area contributed by atoms with E-state index < -0.39 is 5.54 Å². The molecule has 25 heavy (non-hydrogen) atoms. The Kier molecular flexibility index (Phi) is 4.99. The normalized spacial score (nSPS) is 20.4. The van der Waals surface area contributed by atoms with Gasteiger partial charge in [-0.15, -0.1) is 0 Å². The summed E-state index contributed by atoms with van der Waals surface area (Å²) in [5.74, 6) is 0.875. The molecule has 1 aromatic carbocycles. The first kappa shape index (κ1) is 17.4. The van der Waals surface area contributed by atoms with Crippen molar-refractivity contribution in [2.24, 2.45) is 0 Å². The number of methoxy groups -OCH3 is 1. The maximum Gasteiger partial charge on any atom is 0.248 e. The van der Waals surface area contributed by atoms with E-state index in [1.807, 2.05) is 24.3 Å². The molecule has 2 heterocycles. The number of likely N-dealkylation sites (tertiary alicyclic amines) is 1. The van der Waals surface area contributed by atoms with Crippen molar-refractivity contribution >= 4 is 5.91 Å². The van der Waals surface area contributed by atoms with E-state index in [-0.39, 0.29) is 5.91 Å². The Bertz CT molecular complexity index is 735. The van der Waals surface area contributed by atoms with Crippen molar-refractivity contribution in [3.8, 4) is 5.75 Å². The zero-order valence-corrected chi connectivity index (χ0v) is 15.0. The topological polar surface area (TPSA) is 58.6 Å². The molecule has 1 aliphatic rings. The third-order valence-electron chi connectivity index (χ3n) is 4.81. The molecule has 1 aromatic heterocycles. The van der Waals surface area contributed by atoms with Crippen LogP contribution >= 0.6 is 0 Å². The zero-order chi connectivity index (χ0) is 17.9. The summed E-state index contributed by atoms with van der Waals surface area (Å²) in [6.45, 7) is 1.45. The second-order valence-corrected chi connectivity index (χ2v) is 6.49. The summed E-state index contributed by atoms with van der Waals surface area (Å²) < 4.78 is 5.49. The third kappa shape index (κ3) is 3.09. The largest absolute Gasteiger partial charge is 0.496 e. The molecule has 3 rings (SSSR count). The summed E-state index contributed by atoms with van der Waals surface area (Å²) >= 11 is 0. The molecule has 0 aliphatic carbocycles. The van der Waals surface area contributed by atoms with Crippen molar-refractivity contribution in [3.63, 3.8) is 0 Å². The molecular formula is C19H24N4O2. The molecule has 1 fully saturated rings. The van der Waals surface area contributed by atoms with Gasteiger partial charge in [0.05, 0.1) is 19.0 Å². The monoisotopic (exact) mass is 340 g/mol. The Morgan fingerprint density at radius 3 is 2.80 bits per heavy atom. The molecule has 132 valence electrons. The van der Waals surface area contributed by atoms with E-state index in [9.17, 15) is 4.79 Å². The minimum Gasteiger partial charge on any atom is -0.496 e. The fourth-order valence-electron chi connectivity index (χ4n) is 3.65. The van der Waals surface area contributed by atoms with Crippen LogP contribution in [-0.4, -0.2) is 53.4 Å². The molecule has 6 heteroatoms. The summed E-state index contributed by atoms with van der Waals surface area (Å²) in [5.41, 5.74) is 0.992. The van der Waals surface area contributed by atoms with Crippen LogP contribution in [0, 0.1) is 0 Å². The van der Waals surface area contributed by atoms with Gasteiger partial charge in [-0.05, 0) is 25.5 Å². The van der Waals surface area contributed by atoms with Crippen molar-refractivity contribution in [1.82, 2.24) is 19.8 Å². The Morgan fingerprint density at radius 2 is 2.12 bits per heavy atom. The van der Waals surface area contributed by atoms with Gasteiger partial charge in [-0.2, -0.15) is 0 Å². The van der Waals surface area contributed by atoms with Crippen LogP contribution in [0.3, 0.4) is 0 Å². The fourth-order valence-corrected chi connectivity index (χ4v) is 3.65. The number of hydrogen-bond donors (Lipinski definition) is 0. The predicted octanol–water partition coefficient (Wildman–Crippen LogP) is 2.06. The third-order valence-corrected chi connectivity index (χ3v) is 4.81. The number of carbonyl (C=O) groups excluding carboxylic acids is 1. The average Bonchev–Trinajstić information content (AvgIpc) is 3.06. The highest BCUT2D eigenvalue weighted by Crippen LogP contribution is 2.40. The van der Waals surface area contributed by atoms with Gasteiger partial charge in [-0.1, -0.05) is 18.2 Å². The van der Waals surface area contributed by atoms with Crippen LogP contribution < -0.4 is 4.74 Å². The van der Waals surface area contributed by atoms with E-state index in [1.54, 1.807) is 44.7 Å². The van der Waals surface area contributed by atoms with Gasteiger partial charge in [0.25, 0.3) is 0 Å². The van der Waals surface area contributed by atoms with Crippen LogP contribution in [0.15, 0.2) is 42.9 Å². The zero-order valence-electron chi connectivity index (χ0n) is 15.0. The van der Waals surface area contributed by atoms with E-state index in [0.717, 1.165) is 30.7 Å². The fraction of sp³-hybridized carbons (Fsp3) is 0.421. The smallest absolute Gasteiger partial charge is 0.248 e. The van der Waals surface area contributed by atoms with E-state index in [0.29, 0.717) is 12.2 Å². The minimum atomic E-state index is -0.779. The molecule has 0 radical (unpaired) electrons. The Hall–Kier alpha value is -2.47. The molecule has 1 aliphatic heterocycles. The molecule has 1 atom stereocenters. The van der Waals surface area contributed by atoms with Crippen molar-refractivity contribution in [1.29, 1.82) is 0 Å². The standard InChI is InChI=1S/C19H24N4O2/c1-22(2)18(24)19(17-13-20-10-11-21-17)9-6-12-23(19)14-15-7-4-5-8-16(15)25-3/h4-5,7-8,10-11,13H,6,9,12,14H2,1-3H3. The van der Waals surface area contributed by atoms with Gasteiger partial charge in [0.2, 0.25) is 5.91 Å². The minimum absolute atomic E-state index is 0.0420.